The predicted octanol–water partition coefficient (Wildman–Crippen LogP) is 0.666. The molecule has 0 saturated carbocycles. The summed E-state index contributed by atoms with van der Waals surface area (Å²) in [4.78, 5) is 0. The van der Waals surface area contributed by atoms with Gasteiger partial charge >= 0.3 is 8.25 Å². The van der Waals surface area contributed by atoms with Crippen molar-refractivity contribution in [1.82, 2.24) is 5.48 Å². The molecule has 0 amide bonds. The minimum atomic E-state index is -1.94. The lowest BCUT2D eigenvalue weighted by molar-refractivity contribution is 0.194. The van der Waals surface area contributed by atoms with Crippen molar-refractivity contribution in [3.63, 3.8) is 0 Å². The maximum atomic E-state index is 10.1. The maximum absolute atomic E-state index is 10.1. The van der Waals surface area contributed by atoms with Gasteiger partial charge in [-0.05, 0) is 0 Å². The Morgan fingerprint density at radius 3 is 2.86 bits per heavy atom. The molecule has 0 aliphatic carbocycles. The minimum Gasteiger partial charge on any atom is -0.234 e. The van der Waals surface area contributed by atoms with E-state index in [1.165, 1.54) is 12.5 Å². The zero-order valence-electron chi connectivity index (χ0n) is 3.33. The van der Waals surface area contributed by atoms with Crippen LogP contribution < -0.4 is 5.48 Å². The number of hydrogen-bond acceptors (Lipinski definition) is 4. The van der Waals surface area contributed by atoms with Gasteiger partial charge in [0.15, 0.2) is 6.26 Å². The molecule has 0 bridgehead atoms. The van der Waals surface area contributed by atoms with Gasteiger partial charge in [-0.1, -0.05) is 0 Å². The molecular formula is C2H3NO3P+. The fourth-order valence-electron chi connectivity index (χ4n) is 0.203. The molecule has 1 heterocycles. The van der Waals surface area contributed by atoms with Crippen molar-refractivity contribution in [3.05, 3.63) is 12.5 Å². The molecule has 1 atom stereocenters. The van der Waals surface area contributed by atoms with Gasteiger partial charge in [-0.2, -0.15) is 0 Å². The van der Waals surface area contributed by atoms with Crippen molar-refractivity contribution >= 4 is 8.25 Å². The second-order valence-electron chi connectivity index (χ2n) is 0.841. The van der Waals surface area contributed by atoms with Gasteiger partial charge in [-0.15, -0.1) is 0 Å². The van der Waals surface area contributed by atoms with Crippen LogP contribution in [0.5, 0.6) is 0 Å². The van der Waals surface area contributed by atoms with Crippen molar-refractivity contribution in [2.45, 2.75) is 0 Å². The zero-order valence-corrected chi connectivity index (χ0v) is 4.22. The van der Waals surface area contributed by atoms with Crippen LogP contribution in [-0.2, 0) is 13.7 Å². The highest BCUT2D eigenvalue weighted by atomic mass is 31.1. The third-order valence-electron chi connectivity index (χ3n) is 0.410. The predicted molar refractivity (Wildman–Crippen MR) is 22.1 cm³/mol. The molecule has 1 aliphatic heterocycles. The molecule has 1 aliphatic rings. The lowest BCUT2D eigenvalue weighted by atomic mass is 11.0. The van der Waals surface area contributed by atoms with Crippen molar-refractivity contribution in [2.75, 3.05) is 0 Å². The van der Waals surface area contributed by atoms with Gasteiger partial charge in [0.05, 0.1) is 6.20 Å². The molecule has 1 rings (SSSR count). The Bertz CT molecular complexity index is 112. The van der Waals surface area contributed by atoms with Crippen molar-refractivity contribution in [3.8, 4) is 0 Å². The van der Waals surface area contributed by atoms with Crippen LogP contribution in [0.3, 0.4) is 0 Å². The molecule has 0 radical (unpaired) electrons. The van der Waals surface area contributed by atoms with E-state index in [4.69, 9.17) is 0 Å². The zero-order chi connectivity index (χ0) is 5.11. The standard InChI is InChI=1S/C2H3NO3P/c4-7-5-2-1-3-6-7/h1-3H/q+1. The molecule has 0 spiro atoms. The van der Waals surface area contributed by atoms with E-state index in [2.05, 4.69) is 14.6 Å². The van der Waals surface area contributed by atoms with E-state index in [0.717, 1.165) is 0 Å². The topological polar surface area (TPSA) is 47.6 Å². The summed E-state index contributed by atoms with van der Waals surface area (Å²) in [5.41, 5.74) is 2.25. The number of hydroxylamine groups is 1. The van der Waals surface area contributed by atoms with E-state index < -0.39 is 8.25 Å². The molecular weight excluding hydrogens is 117 g/mol. The molecule has 38 valence electrons. The van der Waals surface area contributed by atoms with Crippen LogP contribution >= 0.6 is 8.25 Å². The number of rotatable bonds is 0. The summed E-state index contributed by atoms with van der Waals surface area (Å²) in [5.74, 6) is 0. The van der Waals surface area contributed by atoms with Gasteiger partial charge < -0.3 is 0 Å². The van der Waals surface area contributed by atoms with Gasteiger partial charge in [-0.3, -0.25) is 0 Å². The van der Waals surface area contributed by atoms with E-state index in [0.29, 0.717) is 0 Å². The Morgan fingerprint density at radius 1 is 1.71 bits per heavy atom. The smallest absolute Gasteiger partial charge is 0.234 e. The molecule has 0 fully saturated rings. The molecule has 0 aromatic heterocycles. The third kappa shape index (κ3) is 1.14. The van der Waals surface area contributed by atoms with Crippen LogP contribution in [0.25, 0.3) is 0 Å². The van der Waals surface area contributed by atoms with E-state index in [1.54, 1.807) is 0 Å². The Morgan fingerprint density at radius 2 is 2.57 bits per heavy atom. The second-order valence-corrected chi connectivity index (χ2v) is 1.68. The lowest BCUT2D eigenvalue weighted by Crippen LogP contribution is -2.03. The highest BCUT2D eigenvalue weighted by molar-refractivity contribution is 7.33. The van der Waals surface area contributed by atoms with Crippen molar-refractivity contribution < 1.29 is 13.7 Å². The van der Waals surface area contributed by atoms with Gasteiger partial charge in [0.2, 0.25) is 0 Å². The molecule has 4 nitrogen and oxygen atoms in total. The van der Waals surface area contributed by atoms with Crippen LogP contribution in [0.15, 0.2) is 12.5 Å². The van der Waals surface area contributed by atoms with Crippen LogP contribution in [0, 0.1) is 0 Å². The van der Waals surface area contributed by atoms with Gasteiger partial charge in [0.25, 0.3) is 0 Å². The van der Waals surface area contributed by atoms with E-state index in [1.807, 2.05) is 0 Å². The van der Waals surface area contributed by atoms with Crippen LogP contribution in [0.2, 0.25) is 0 Å². The number of nitrogens with one attached hydrogen (secondary N) is 1. The minimum absolute atomic E-state index is 1.27. The van der Waals surface area contributed by atoms with E-state index >= 15 is 0 Å². The van der Waals surface area contributed by atoms with Gasteiger partial charge in [0, 0.05) is 9.19 Å². The molecule has 1 N–H and O–H groups in total. The van der Waals surface area contributed by atoms with E-state index in [-0.39, 0.29) is 0 Å². The molecule has 1 unspecified atom stereocenters. The highest BCUT2D eigenvalue weighted by Gasteiger charge is 2.21. The third-order valence-corrected chi connectivity index (χ3v) is 0.959. The first kappa shape index (κ1) is 4.56. The molecule has 0 aromatic carbocycles. The SMILES string of the molecule is O=[P+]1OC=CNO1. The first-order valence-electron chi connectivity index (χ1n) is 1.61. The first-order valence-corrected chi connectivity index (χ1v) is 2.71. The highest BCUT2D eigenvalue weighted by Crippen LogP contribution is 2.23. The van der Waals surface area contributed by atoms with Crippen molar-refractivity contribution in [1.29, 1.82) is 0 Å². The maximum Gasteiger partial charge on any atom is 0.774 e. The summed E-state index contributed by atoms with van der Waals surface area (Å²) >= 11 is 0. The Labute approximate surface area is 41.0 Å². The summed E-state index contributed by atoms with van der Waals surface area (Å²) in [5, 5.41) is 0. The lowest BCUT2D eigenvalue weighted by Gasteiger charge is -1.89. The monoisotopic (exact) mass is 120 g/mol. The van der Waals surface area contributed by atoms with Crippen LogP contribution in [0.4, 0.5) is 0 Å². The average Bonchev–Trinajstić information content (AvgIpc) is 1.69. The van der Waals surface area contributed by atoms with Gasteiger partial charge in [-0.25, -0.2) is 10.0 Å². The summed E-state index contributed by atoms with van der Waals surface area (Å²) in [6, 6.07) is 0. The summed E-state index contributed by atoms with van der Waals surface area (Å²) in [6.45, 7) is 0. The largest absolute Gasteiger partial charge is 0.774 e. The Balaban J connectivity index is 2.47. The summed E-state index contributed by atoms with van der Waals surface area (Å²) in [7, 11) is -1.94. The number of hydrogen-bond donors (Lipinski definition) is 1. The van der Waals surface area contributed by atoms with Crippen LogP contribution in [0.1, 0.15) is 0 Å². The molecule has 5 heteroatoms. The van der Waals surface area contributed by atoms with E-state index in [9.17, 15) is 4.57 Å². The fraction of sp³-hybridized carbons (Fsp3) is 0. The van der Waals surface area contributed by atoms with Crippen LogP contribution in [-0.4, -0.2) is 0 Å². The fourth-order valence-corrected chi connectivity index (χ4v) is 0.553. The quantitative estimate of drug-likeness (QED) is 0.477. The normalized spacial score (nSPS) is 23.1. The summed E-state index contributed by atoms with van der Waals surface area (Å²) < 4.78 is 18.6. The molecule has 0 aromatic rings. The molecule has 7 heavy (non-hydrogen) atoms. The van der Waals surface area contributed by atoms with Crippen molar-refractivity contribution in [2.24, 2.45) is 0 Å². The van der Waals surface area contributed by atoms with Gasteiger partial charge in [0.1, 0.15) is 0 Å². The first-order chi connectivity index (χ1) is 3.39. The molecule has 0 saturated heterocycles. The average molecular weight is 120 g/mol. The Kier molecular flexibility index (Phi) is 1.24. The summed E-state index contributed by atoms with van der Waals surface area (Å²) in [6.07, 6.45) is 2.67. The second kappa shape index (κ2) is 1.91. The Hall–Kier alpha value is -0.600.